The molecule has 5 heteroatoms. The second-order valence-electron chi connectivity index (χ2n) is 3.44. The number of carbonyl (C=O) groups excluding carboxylic acids is 1. The molecule has 2 atom stereocenters. The summed E-state index contributed by atoms with van der Waals surface area (Å²) >= 11 is 1.68. The minimum atomic E-state index is -0.211. The van der Waals surface area contributed by atoms with Crippen LogP contribution >= 0.6 is 11.8 Å². The van der Waals surface area contributed by atoms with Gasteiger partial charge in [0.2, 0.25) is 0 Å². The van der Waals surface area contributed by atoms with Gasteiger partial charge < -0.3 is 4.74 Å². The summed E-state index contributed by atoms with van der Waals surface area (Å²) < 4.78 is 4.97. The smallest absolute Gasteiger partial charge is 0.324 e. The molecule has 4 nitrogen and oxygen atoms in total. The van der Waals surface area contributed by atoms with Crippen molar-refractivity contribution in [3.63, 3.8) is 0 Å². The fourth-order valence-electron chi connectivity index (χ4n) is 1.55. The van der Waals surface area contributed by atoms with E-state index in [1.807, 2.05) is 25.1 Å². The molecule has 0 aromatic carbocycles. The fourth-order valence-corrected chi connectivity index (χ4v) is 2.74. The Kier molecular flexibility index (Phi) is 3.79. The van der Waals surface area contributed by atoms with Crippen molar-refractivity contribution in [1.29, 1.82) is 0 Å². The molecule has 0 aliphatic carbocycles. The van der Waals surface area contributed by atoms with Crippen molar-refractivity contribution >= 4 is 17.7 Å². The molecule has 86 valence electrons. The Hall–Kier alpha value is -1.07. The molecule has 0 bridgehead atoms. The lowest BCUT2D eigenvalue weighted by Crippen LogP contribution is -2.35. The number of aromatic nitrogens is 1. The molecule has 0 amide bonds. The first-order chi connectivity index (χ1) is 7.81. The van der Waals surface area contributed by atoms with Gasteiger partial charge in [0.05, 0.1) is 17.7 Å². The van der Waals surface area contributed by atoms with Crippen LogP contribution in [0.5, 0.6) is 0 Å². The van der Waals surface area contributed by atoms with Gasteiger partial charge in [0.25, 0.3) is 0 Å². The molecule has 0 spiro atoms. The van der Waals surface area contributed by atoms with Crippen LogP contribution in [0.15, 0.2) is 24.4 Å². The molecule has 0 radical (unpaired) electrons. The highest BCUT2D eigenvalue weighted by atomic mass is 32.2. The summed E-state index contributed by atoms with van der Waals surface area (Å²) in [6.45, 7) is 2.24. The van der Waals surface area contributed by atoms with Crippen LogP contribution in [0.1, 0.15) is 18.0 Å². The van der Waals surface area contributed by atoms with Crippen LogP contribution in [-0.2, 0) is 9.53 Å². The van der Waals surface area contributed by atoms with Gasteiger partial charge in [-0.05, 0) is 19.1 Å². The average Bonchev–Trinajstić information content (AvgIpc) is 2.80. The fraction of sp³-hybridized carbons (Fsp3) is 0.455. The number of nitrogens with zero attached hydrogens (tertiary/aromatic N) is 1. The van der Waals surface area contributed by atoms with Crippen LogP contribution in [0.25, 0.3) is 0 Å². The molecular formula is C11H14N2O2S. The second-order valence-corrected chi connectivity index (χ2v) is 4.58. The molecule has 16 heavy (non-hydrogen) atoms. The van der Waals surface area contributed by atoms with E-state index in [0.29, 0.717) is 6.61 Å². The normalized spacial score (nSPS) is 24.3. The van der Waals surface area contributed by atoms with E-state index in [2.05, 4.69) is 10.3 Å². The van der Waals surface area contributed by atoms with E-state index in [-0.39, 0.29) is 17.4 Å². The Morgan fingerprint density at radius 2 is 2.56 bits per heavy atom. The van der Waals surface area contributed by atoms with Gasteiger partial charge in [-0.25, -0.2) is 0 Å². The van der Waals surface area contributed by atoms with Crippen molar-refractivity contribution in [2.24, 2.45) is 0 Å². The molecular weight excluding hydrogens is 224 g/mol. The van der Waals surface area contributed by atoms with Crippen LogP contribution in [0, 0.1) is 0 Å². The van der Waals surface area contributed by atoms with E-state index in [1.165, 1.54) is 0 Å². The molecule has 1 aliphatic heterocycles. The molecule has 1 aliphatic rings. The van der Waals surface area contributed by atoms with Crippen LogP contribution in [0.4, 0.5) is 0 Å². The van der Waals surface area contributed by atoms with Crippen molar-refractivity contribution in [3.8, 4) is 0 Å². The molecule has 1 aromatic rings. The maximum Gasteiger partial charge on any atom is 0.324 e. The molecule has 1 fully saturated rings. The Morgan fingerprint density at radius 1 is 1.69 bits per heavy atom. The van der Waals surface area contributed by atoms with E-state index in [9.17, 15) is 4.79 Å². The average molecular weight is 238 g/mol. The number of ether oxygens (including phenoxy) is 1. The first-order valence-electron chi connectivity index (χ1n) is 5.26. The summed E-state index contributed by atoms with van der Waals surface area (Å²) in [7, 11) is 0. The second kappa shape index (κ2) is 5.32. The van der Waals surface area contributed by atoms with Crippen LogP contribution < -0.4 is 5.32 Å². The summed E-state index contributed by atoms with van der Waals surface area (Å²) in [6, 6.07) is 5.57. The maximum absolute atomic E-state index is 11.5. The highest BCUT2D eigenvalue weighted by Crippen LogP contribution is 2.31. The lowest BCUT2D eigenvalue weighted by atomic mass is 10.3. The number of pyridine rings is 1. The standard InChI is InChI=1S/C11H14N2O2S/c1-2-15-11(14)9-7-16-10(13-9)8-5-3-4-6-12-8/h3-6,9-10,13H,2,7H2,1H3/t9-,10+/m0/s1. The Balaban J connectivity index is 1.96. The van der Waals surface area contributed by atoms with Gasteiger partial charge in [-0.15, -0.1) is 11.8 Å². The number of carbonyl (C=O) groups is 1. The van der Waals surface area contributed by atoms with Gasteiger partial charge in [-0.1, -0.05) is 6.07 Å². The molecule has 1 N–H and O–H groups in total. The maximum atomic E-state index is 11.5. The van der Waals surface area contributed by atoms with Gasteiger partial charge in [0.1, 0.15) is 6.04 Å². The summed E-state index contributed by atoms with van der Waals surface area (Å²) in [5.41, 5.74) is 0.958. The largest absolute Gasteiger partial charge is 0.465 e. The molecule has 1 saturated heterocycles. The molecule has 0 unspecified atom stereocenters. The van der Waals surface area contributed by atoms with Crippen molar-refractivity contribution in [1.82, 2.24) is 10.3 Å². The monoisotopic (exact) mass is 238 g/mol. The molecule has 2 heterocycles. The SMILES string of the molecule is CCOC(=O)[C@@H]1CS[C@H](c2ccccn2)N1. The van der Waals surface area contributed by atoms with Crippen molar-refractivity contribution < 1.29 is 9.53 Å². The number of esters is 1. The van der Waals surface area contributed by atoms with Crippen LogP contribution in [0.3, 0.4) is 0 Å². The summed E-state index contributed by atoms with van der Waals surface area (Å²) in [5, 5.41) is 3.31. The van der Waals surface area contributed by atoms with Crippen molar-refractivity contribution in [2.75, 3.05) is 12.4 Å². The Labute approximate surface area is 98.8 Å². The minimum Gasteiger partial charge on any atom is -0.465 e. The van der Waals surface area contributed by atoms with Gasteiger partial charge >= 0.3 is 5.97 Å². The highest BCUT2D eigenvalue weighted by Gasteiger charge is 2.31. The van der Waals surface area contributed by atoms with Gasteiger partial charge in [-0.3, -0.25) is 15.1 Å². The Bertz CT molecular complexity index is 358. The summed E-state index contributed by atoms with van der Waals surface area (Å²) in [5.74, 6) is 0.563. The van der Waals surface area contributed by atoms with Crippen molar-refractivity contribution in [3.05, 3.63) is 30.1 Å². The zero-order valence-corrected chi connectivity index (χ0v) is 9.87. The lowest BCUT2D eigenvalue weighted by Gasteiger charge is -2.11. The quantitative estimate of drug-likeness (QED) is 0.806. The van der Waals surface area contributed by atoms with Gasteiger partial charge in [0.15, 0.2) is 0 Å². The lowest BCUT2D eigenvalue weighted by molar-refractivity contribution is -0.144. The number of hydrogen-bond donors (Lipinski definition) is 1. The number of nitrogens with one attached hydrogen (secondary N) is 1. The highest BCUT2D eigenvalue weighted by molar-refractivity contribution is 7.99. The predicted octanol–water partition coefficient (Wildman–Crippen LogP) is 1.35. The topological polar surface area (TPSA) is 51.2 Å². The number of thioether (sulfide) groups is 1. The van der Waals surface area contributed by atoms with Gasteiger partial charge in [0, 0.05) is 11.9 Å². The molecule has 2 rings (SSSR count). The minimum absolute atomic E-state index is 0.0932. The summed E-state index contributed by atoms with van der Waals surface area (Å²) in [6.07, 6.45) is 1.76. The van der Waals surface area contributed by atoms with E-state index >= 15 is 0 Å². The van der Waals surface area contributed by atoms with E-state index in [0.717, 1.165) is 11.4 Å². The van der Waals surface area contributed by atoms with E-state index < -0.39 is 0 Å². The third kappa shape index (κ3) is 2.54. The van der Waals surface area contributed by atoms with Gasteiger partial charge in [-0.2, -0.15) is 0 Å². The zero-order chi connectivity index (χ0) is 11.4. The third-order valence-electron chi connectivity index (χ3n) is 2.31. The van der Waals surface area contributed by atoms with Crippen molar-refractivity contribution in [2.45, 2.75) is 18.3 Å². The summed E-state index contributed by atoms with van der Waals surface area (Å²) in [4.78, 5) is 15.8. The Morgan fingerprint density at radius 3 is 3.25 bits per heavy atom. The first kappa shape index (κ1) is 11.4. The van der Waals surface area contributed by atoms with Crippen LogP contribution in [-0.4, -0.2) is 29.4 Å². The number of hydrogen-bond acceptors (Lipinski definition) is 5. The molecule has 0 saturated carbocycles. The predicted molar refractivity (Wildman–Crippen MR) is 63.0 cm³/mol. The van der Waals surface area contributed by atoms with Crippen LogP contribution in [0.2, 0.25) is 0 Å². The van der Waals surface area contributed by atoms with E-state index in [4.69, 9.17) is 4.74 Å². The number of rotatable bonds is 3. The third-order valence-corrected chi connectivity index (χ3v) is 3.55. The van der Waals surface area contributed by atoms with E-state index in [1.54, 1.807) is 18.0 Å². The molecule has 1 aromatic heterocycles. The zero-order valence-electron chi connectivity index (χ0n) is 9.05. The first-order valence-corrected chi connectivity index (χ1v) is 6.31.